The molecule has 8 nitrogen and oxygen atoms in total. The zero-order chi connectivity index (χ0) is 18.8. The van der Waals surface area contributed by atoms with Crippen molar-refractivity contribution < 1.29 is 26.4 Å². The summed E-state index contributed by atoms with van der Waals surface area (Å²) >= 11 is 0. The van der Waals surface area contributed by atoms with Gasteiger partial charge in [-0.1, -0.05) is 0 Å². The highest BCUT2D eigenvalue weighted by atomic mass is 32.2. The molecular formula is C13H12F3N5O3S. The molecule has 134 valence electrons. The molecule has 0 radical (unpaired) electrons. The molecule has 0 saturated carbocycles. The third-order valence-corrected chi connectivity index (χ3v) is 4.04. The molecule has 0 bridgehead atoms. The van der Waals surface area contributed by atoms with Crippen LogP contribution in [0.5, 0.6) is 0 Å². The molecule has 0 aliphatic heterocycles. The van der Waals surface area contributed by atoms with E-state index in [4.69, 9.17) is 5.84 Å². The normalized spacial score (nSPS) is 12.5. The van der Waals surface area contributed by atoms with Gasteiger partial charge >= 0.3 is 6.18 Å². The van der Waals surface area contributed by atoms with Crippen LogP contribution in [0.3, 0.4) is 0 Å². The molecule has 0 saturated heterocycles. The number of nitrogens with one attached hydrogen (secondary N) is 1. The number of benzene rings is 1. The Kier molecular flexibility index (Phi) is 4.94. The van der Waals surface area contributed by atoms with Crippen LogP contribution in [0.15, 0.2) is 35.5 Å². The lowest BCUT2D eigenvalue weighted by Gasteiger charge is -2.10. The quantitative estimate of drug-likeness (QED) is 0.353. The minimum atomic E-state index is -4.74. The van der Waals surface area contributed by atoms with Crippen molar-refractivity contribution in [2.45, 2.75) is 11.1 Å². The van der Waals surface area contributed by atoms with Crippen molar-refractivity contribution in [3.8, 4) is 11.4 Å². The van der Waals surface area contributed by atoms with Gasteiger partial charge < -0.3 is 0 Å². The Morgan fingerprint density at radius 2 is 2.00 bits per heavy atom. The summed E-state index contributed by atoms with van der Waals surface area (Å²) in [6.45, 7) is 0. The third-order valence-electron chi connectivity index (χ3n) is 2.95. The average Bonchev–Trinajstić information content (AvgIpc) is 2.99. The number of hydrogen-bond donors (Lipinski definition) is 2. The monoisotopic (exact) mass is 375 g/mol. The van der Waals surface area contributed by atoms with E-state index in [-0.39, 0.29) is 11.4 Å². The molecule has 0 unspecified atom stereocenters. The lowest BCUT2D eigenvalue weighted by Crippen LogP contribution is -2.28. The van der Waals surface area contributed by atoms with Gasteiger partial charge in [-0.3, -0.25) is 10.2 Å². The van der Waals surface area contributed by atoms with Crippen molar-refractivity contribution in [2.75, 3.05) is 6.26 Å². The molecule has 12 heteroatoms. The average molecular weight is 375 g/mol. The van der Waals surface area contributed by atoms with Gasteiger partial charge in [0.2, 0.25) is 0 Å². The van der Waals surface area contributed by atoms with Crippen molar-refractivity contribution >= 4 is 21.9 Å². The van der Waals surface area contributed by atoms with Crippen LogP contribution < -0.4 is 11.3 Å². The van der Waals surface area contributed by atoms with Crippen molar-refractivity contribution in [3.05, 3.63) is 36.2 Å². The number of alkyl halides is 3. The second kappa shape index (κ2) is 6.64. The second-order valence-corrected chi connectivity index (χ2v) is 6.90. The topological polar surface area (TPSA) is 120 Å². The van der Waals surface area contributed by atoms with E-state index in [0.29, 0.717) is 6.07 Å². The molecule has 0 fully saturated rings. The minimum absolute atomic E-state index is 0.134. The number of sulfone groups is 1. The summed E-state index contributed by atoms with van der Waals surface area (Å²) in [5.74, 6) is 4.11. The van der Waals surface area contributed by atoms with E-state index >= 15 is 0 Å². The lowest BCUT2D eigenvalue weighted by atomic mass is 10.1. The van der Waals surface area contributed by atoms with Crippen molar-refractivity contribution in [1.29, 1.82) is 0 Å². The number of hydrazine groups is 1. The number of halogens is 3. The standard InChI is InChI=1S/C13H12F3N5O3S/c1-25(23,24)10-5-8(4-9(6-10)13(14,15)16)12-18-7-21(20-12)3-2-11(22)19-17/h2-7H,17H2,1H3,(H,19,22). The molecule has 3 N–H and O–H groups in total. The van der Waals surface area contributed by atoms with Crippen LogP contribution in [-0.2, 0) is 20.8 Å². The smallest absolute Gasteiger partial charge is 0.291 e. The van der Waals surface area contributed by atoms with Gasteiger partial charge in [0.15, 0.2) is 15.7 Å². The Balaban J connectivity index is 2.50. The molecule has 1 aromatic carbocycles. The maximum atomic E-state index is 13.0. The minimum Gasteiger partial charge on any atom is -0.291 e. The molecule has 0 spiro atoms. The van der Waals surface area contributed by atoms with Gasteiger partial charge in [0, 0.05) is 24.1 Å². The van der Waals surface area contributed by atoms with Crippen LogP contribution >= 0.6 is 0 Å². The number of hydrogen-bond acceptors (Lipinski definition) is 6. The Hall–Kier alpha value is -2.73. The highest BCUT2D eigenvalue weighted by molar-refractivity contribution is 7.90. The number of aromatic nitrogens is 3. The zero-order valence-electron chi connectivity index (χ0n) is 12.6. The van der Waals surface area contributed by atoms with Crippen molar-refractivity contribution in [1.82, 2.24) is 20.2 Å². The molecule has 2 rings (SSSR count). The predicted molar refractivity (Wildman–Crippen MR) is 81.2 cm³/mol. The molecule has 1 aromatic heterocycles. The third kappa shape index (κ3) is 4.64. The Bertz CT molecular complexity index is 935. The second-order valence-electron chi connectivity index (χ2n) is 4.89. The fourth-order valence-electron chi connectivity index (χ4n) is 1.78. The number of amides is 1. The van der Waals surface area contributed by atoms with Crippen LogP contribution in [-0.4, -0.2) is 35.3 Å². The molecule has 0 aliphatic carbocycles. The molecule has 25 heavy (non-hydrogen) atoms. The van der Waals surface area contributed by atoms with E-state index in [1.165, 1.54) is 6.20 Å². The SMILES string of the molecule is CS(=O)(=O)c1cc(-c2ncn(C=CC(=O)NN)n2)cc(C(F)(F)F)c1. The van der Waals surface area contributed by atoms with E-state index in [1.807, 2.05) is 5.43 Å². The first-order chi connectivity index (χ1) is 11.5. The Labute approximate surface area is 140 Å². The predicted octanol–water partition coefficient (Wildman–Crippen LogP) is 0.828. The number of nitrogens with zero attached hydrogens (tertiary/aromatic N) is 3. The highest BCUT2D eigenvalue weighted by Crippen LogP contribution is 2.33. The van der Waals surface area contributed by atoms with E-state index in [9.17, 15) is 26.4 Å². The summed E-state index contributed by atoms with van der Waals surface area (Å²) in [5.41, 5.74) is 0.570. The summed E-state index contributed by atoms with van der Waals surface area (Å²) in [7, 11) is -3.88. The fraction of sp³-hybridized carbons (Fsp3) is 0.154. The molecule has 1 heterocycles. The van der Waals surface area contributed by atoms with E-state index in [0.717, 1.165) is 35.5 Å². The lowest BCUT2D eigenvalue weighted by molar-refractivity contribution is -0.137. The number of nitrogens with two attached hydrogens (primary N) is 1. The Morgan fingerprint density at radius 1 is 1.32 bits per heavy atom. The number of carbonyl (C=O) groups excluding carboxylic acids is 1. The molecule has 0 atom stereocenters. The molecule has 1 amide bonds. The maximum absolute atomic E-state index is 13.0. The van der Waals surface area contributed by atoms with Crippen LogP contribution in [0, 0.1) is 0 Å². The molecule has 0 aliphatic rings. The van der Waals surface area contributed by atoms with Gasteiger partial charge in [-0.05, 0) is 18.2 Å². The Morgan fingerprint density at radius 3 is 2.56 bits per heavy atom. The highest BCUT2D eigenvalue weighted by Gasteiger charge is 2.32. The van der Waals surface area contributed by atoms with Crippen molar-refractivity contribution in [3.63, 3.8) is 0 Å². The fourth-order valence-corrected chi connectivity index (χ4v) is 2.46. The van der Waals surface area contributed by atoms with Crippen LogP contribution in [0.4, 0.5) is 13.2 Å². The first kappa shape index (κ1) is 18.6. The van der Waals surface area contributed by atoms with E-state index < -0.39 is 32.4 Å². The van der Waals surface area contributed by atoms with E-state index in [1.54, 1.807) is 0 Å². The van der Waals surface area contributed by atoms with Crippen LogP contribution in [0.1, 0.15) is 5.56 Å². The van der Waals surface area contributed by atoms with Gasteiger partial charge in [0.1, 0.15) is 6.33 Å². The van der Waals surface area contributed by atoms with E-state index in [2.05, 4.69) is 10.1 Å². The molecular weight excluding hydrogens is 363 g/mol. The van der Waals surface area contributed by atoms with Crippen LogP contribution in [0.2, 0.25) is 0 Å². The van der Waals surface area contributed by atoms with Gasteiger partial charge in [-0.15, -0.1) is 5.10 Å². The maximum Gasteiger partial charge on any atom is 0.416 e. The summed E-state index contributed by atoms with van der Waals surface area (Å²) in [6.07, 6.45) is -0.615. The van der Waals surface area contributed by atoms with Crippen molar-refractivity contribution in [2.24, 2.45) is 5.84 Å². The van der Waals surface area contributed by atoms with Gasteiger partial charge in [-0.25, -0.2) is 23.9 Å². The molecule has 2 aromatic rings. The van der Waals surface area contributed by atoms with Gasteiger partial charge in [0.25, 0.3) is 5.91 Å². The summed E-state index contributed by atoms with van der Waals surface area (Å²) in [6, 6.07) is 2.33. The van der Waals surface area contributed by atoms with Gasteiger partial charge in [-0.2, -0.15) is 13.2 Å². The summed E-state index contributed by atoms with van der Waals surface area (Å²) < 4.78 is 63.3. The van der Waals surface area contributed by atoms with Gasteiger partial charge in [0.05, 0.1) is 10.5 Å². The number of rotatable bonds is 4. The summed E-state index contributed by atoms with van der Waals surface area (Å²) in [5, 5.41) is 3.87. The summed E-state index contributed by atoms with van der Waals surface area (Å²) in [4.78, 5) is 14.3. The largest absolute Gasteiger partial charge is 0.416 e. The first-order valence-electron chi connectivity index (χ1n) is 6.53. The number of carbonyl (C=O) groups is 1. The first-order valence-corrected chi connectivity index (χ1v) is 8.42. The van der Waals surface area contributed by atoms with Crippen LogP contribution in [0.25, 0.3) is 17.6 Å². The zero-order valence-corrected chi connectivity index (χ0v) is 13.5.